The van der Waals surface area contributed by atoms with Gasteiger partial charge in [0, 0.05) is 19.0 Å². The number of hydrogen-bond acceptors (Lipinski definition) is 3. The summed E-state index contributed by atoms with van der Waals surface area (Å²) in [4.78, 5) is 39.7. The van der Waals surface area contributed by atoms with Crippen LogP contribution in [-0.2, 0) is 16.0 Å². The van der Waals surface area contributed by atoms with E-state index in [9.17, 15) is 14.4 Å². The lowest BCUT2D eigenvalue weighted by molar-refractivity contribution is -0.147. The molecule has 4 rings (SSSR count). The molecule has 2 heterocycles. The van der Waals surface area contributed by atoms with Crippen LogP contribution in [0.2, 0.25) is 10.0 Å². The second-order valence-corrected chi connectivity index (χ2v) is 8.07. The van der Waals surface area contributed by atoms with Crippen molar-refractivity contribution in [3.05, 3.63) is 69.7 Å². The SMILES string of the molecule is O=C(N[C@H]1C[C@H]2C(=O)N[C@@H](Cc3ccccc3)C(=O)N2C1)c1c(Cl)cccc1Cl. The van der Waals surface area contributed by atoms with Gasteiger partial charge in [0.15, 0.2) is 0 Å². The fraction of sp³-hybridized carbons (Fsp3) is 0.286. The Balaban J connectivity index is 1.45. The Labute approximate surface area is 178 Å². The molecule has 29 heavy (non-hydrogen) atoms. The molecular formula is C21H19Cl2N3O3. The summed E-state index contributed by atoms with van der Waals surface area (Å²) in [6, 6.07) is 12.8. The van der Waals surface area contributed by atoms with Crippen molar-refractivity contribution < 1.29 is 14.4 Å². The molecule has 8 heteroatoms. The Hall–Kier alpha value is -2.57. The summed E-state index contributed by atoms with van der Waals surface area (Å²) in [6.45, 7) is 0.274. The predicted octanol–water partition coefficient (Wildman–Crippen LogP) is 2.43. The highest BCUT2D eigenvalue weighted by Gasteiger charge is 2.46. The van der Waals surface area contributed by atoms with Crippen LogP contribution in [0.25, 0.3) is 0 Å². The van der Waals surface area contributed by atoms with Crippen molar-refractivity contribution in [3.63, 3.8) is 0 Å². The Kier molecular flexibility index (Phi) is 5.48. The third kappa shape index (κ3) is 3.95. The van der Waals surface area contributed by atoms with Crippen LogP contribution in [0.1, 0.15) is 22.3 Å². The van der Waals surface area contributed by atoms with Crippen LogP contribution in [0.15, 0.2) is 48.5 Å². The fourth-order valence-corrected chi connectivity index (χ4v) is 4.49. The summed E-state index contributed by atoms with van der Waals surface area (Å²) in [5, 5.41) is 6.19. The van der Waals surface area contributed by atoms with Gasteiger partial charge in [0.05, 0.1) is 15.6 Å². The summed E-state index contributed by atoms with van der Waals surface area (Å²) in [5.41, 5.74) is 1.17. The van der Waals surface area contributed by atoms with Crippen molar-refractivity contribution >= 4 is 40.9 Å². The molecule has 3 atom stereocenters. The standard InChI is InChI=1S/C21H19Cl2N3O3/c22-14-7-4-8-15(23)18(14)20(28)24-13-10-17-19(27)25-16(21(29)26(17)11-13)9-12-5-2-1-3-6-12/h1-8,13,16-17H,9-11H2,(H,24,28)(H,25,27)/t13-,16-,17-/m0/s1. The van der Waals surface area contributed by atoms with E-state index in [1.807, 2.05) is 30.3 Å². The van der Waals surface area contributed by atoms with Crippen molar-refractivity contribution in [1.82, 2.24) is 15.5 Å². The second-order valence-electron chi connectivity index (χ2n) is 7.26. The molecule has 0 aliphatic carbocycles. The van der Waals surface area contributed by atoms with Gasteiger partial charge in [-0.15, -0.1) is 0 Å². The van der Waals surface area contributed by atoms with Gasteiger partial charge in [-0.2, -0.15) is 0 Å². The Morgan fingerprint density at radius 1 is 1.07 bits per heavy atom. The van der Waals surface area contributed by atoms with Gasteiger partial charge in [0.2, 0.25) is 11.8 Å². The molecule has 3 amide bonds. The van der Waals surface area contributed by atoms with Crippen molar-refractivity contribution in [1.29, 1.82) is 0 Å². The quantitative estimate of drug-likeness (QED) is 0.779. The zero-order chi connectivity index (χ0) is 20.5. The van der Waals surface area contributed by atoms with Gasteiger partial charge >= 0.3 is 0 Å². The molecule has 6 nitrogen and oxygen atoms in total. The number of nitrogens with one attached hydrogen (secondary N) is 2. The highest BCUT2D eigenvalue weighted by molar-refractivity contribution is 6.39. The summed E-state index contributed by atoms with van der Waals surface area (Å²) in [5.74, 6) is -0.747. The lowest BCUT2D eigenvalue weighted by Crippen LogP contribution is -2.61. The van der Waals surface area contributed by atoms with E-state index in [4.69, 9.17) is 23.2 Å². The van der Waals surface area contributed by atoms with Gasteiger partial charge in [-0.1, -0.05) is 59.6 Å². The van der Waals surface area contributed by atoms with Gasteiger partial charge < -0.3 is 15.5 Å². The van der Waals surface area contributed by atoms with E-state index < -0.39 is 18.0 Å². The summed E-state index contributed by atoms with van der Waals surface area (Å²) < 4.78 is 0. The second kappa shape index (κ2) is 8.05. The van der Waals surface area contributed by atoms with Crippen molar-refractivity contribution in [2.24, 2.45) is 0 Å². The molecule has 0 saturated carbocycles. The molecule has 2 saturated heterocycles. The number of hydrogen-bond donors (Lipinski definition) is 2. The van der Waals surface area contributed by atoms with E-state index in [1.165, 1.54) is 0 Å². The van der Waals surface area contributed by atoms with E-state index >= 15 is 0 Å². The smallest absolute Gasteiger partial charge is 0.254 e. The number of piperazine rings is 1. The van der Waals surface area contributed by atoms with Crippen LogP contribution < -0.4 is 10.6 Å². The van der Waals surface area contributed by atoms with Crippen LogP contribution in [0.4, 0.5) is 0 Å². The van der Waals surface area contributed by atoms with E-state index in [1.54, 1.807) is 23.1 Å². The molecule has 2 aromatic rings. The van der Waals surface area contributed by atoms with Crippen LogP contribution >= 0.6 is 23.2 Å². The van der Waals surface area contributed by atoms with E-state index in [2.05, 4.69) is 10.6 Å². The van der Waals surface area contributed by atoms with Gasteiger partial charge in [-0.05, 0) is 24.1 Å². The maximum atomic E-state index is 12.9. The summed E-state index contributed by atoms with van der Waals surface area (Å²) >= 11 is 12.2. The lowest BCUT2D eigenvalue weighted by atomic mass is 10.0. The number of carbonyl (C=O) groups excluding carboxylic acids is 3. The Bertz CT molecular complexity index is 947. The van der Waals surface area contributed by atoms with Gasteiger partial charge in [-0.3, -0.25) is 14.4 Å². The minimum Gasteiger partial charge on any atom is -0.347 e. The van der Waals surface area contributed by atoms with Crippen molar-refractivity contribution in [2.75, 3.05) is 6.54 Å². The predicted molar refractivity (Wildman–Crippen MR) is 110 cm³/mol. The number of carbonyl (C=O) groups is 3. The topological polar surface area (TPSA) is 78.5 Å². The normalized spacial score (nSPS) is 23.5. The number of benzene rings is 2. The highest BCUT2D eigenvalue weighted by Crippen LogP contribution is 2.27. The van der Waals surface area contributed by atoms with E-state index in [0.717, 1.165) is 5.56 Å². The first-order valence-corrected chi connectivity index (χ1v) is 10.1. The molecule has 2 aliphatic heterocycles. The first-order chi connectivity index (χ1) is 13.9. The van der Waals surface area contributed by atoms with Gasteiger partial charge in [0.25, 0.3) is 5.91 Å². The zero-order valence-corrected chi connectivity index (χ0v) is 16.9. The maximum Gasteiger partial charge on any atom is 0.254 e. The number of halogens is 2. The molecule has 0 bridgehead atoms. The Morgan fingerprint density at radius 3 is 2.45 bits per heavy atom. The van der Waals surface area contributed by atoms with Crippen LogP contribution in [0.3, 0.4) is 0 Å². The van der Waals surface area contributed by atoms with Gasteiger partial charge in [-0.25, -0.2) is 0 Å². The first kappa shape index (κ1) is 19.7. The van der Waals surface area contributed by atoms with Gasteiger partial charge in [0.1, 0.15) is 12.1 Å². The molecule has 0 aromatic heterocycles. The first-order valence-electron chi connectivity index (χ1n) is 9.33. The van der Waals surface area contributed by atoms with Crippen molar-refractivity contribution in [3.8, 4) is 0 Å². The average Bonchev–Trinajstić information content (AvgIpc) is 3.11. The minimum atomic E-state index is -0.603. The molecule has 2 aliphatic rings. The highest BCUT2D eigenvalue weighted by atomic mass is 35.5. The van der Waals surface area contributed by atoms with Crippen LogP contribution in [0.5, 0.6) is 0 Å². The molecule has 0 radical (unpaired) electrons. The Morgan fingerprint density at radius 2 is 1.76 bits per heavy atom. The van der Waals surface area contributed by atoms with E-state index in [0.29, 0.717) is 12.8 Å². The molecule has 0 spiro atoms. The zero-order valence-electron chi connectivity index (χ0n) is 15.4. The van der Waals surface area contributed by atoms with Crippen molar-refractivity contribution in [2.45, 2.75) is 31.0 Å². The summed E-state index contributed by atoms with van der Waals surface area (Å²) in [7, 11) is 0. The minimum absolute atomic E-state index is 0.133. The summed E-state index contributed by atoms with van der Waals surface area (Å²) in [6.07, 6.45) is 0.782. The molecular weight excluding hydrogens is 413 g/mol. The largest absolute Gasteiger partial charge is 0.347 e. The lowest BCUT2D eigenvalue weighted by Gasteiger charge is -2.34. The van der Waals surface area contributed by atoms with Crippen LogP contribution in [0, 0.1) is 0 Å². The molecule has 2 fully saturated rings. The van der Waals surface area contributed by atoms with Crippen LogP contribution in [-0.4, -0.2) is 47.3 Å². The number of rotatable bonds is 4. The third-order valence-corrected chi connectivity index (χ3v) is 5.94. The molecule has 2 aromatic carbocycles. The number of amides is 3. The fourth-order valence-electron chi connectivity index (χ4n) is 3.92. The number of fused-ring (bicyclic) bond motifs is 1. The average molecular weight is 432 g/mol. The molecule has 2 N–H and O–H groups in total. The monoisotopic (exact) mass is 431 g/mol. The maximum absolute atomic E-state index is 12.9. The third-order valence-electron chi connectivity index (χ3n) is 5.31. The number of nitrogens with zero attached hydrogens (tertiary/aromatic N) is 1. The molecule has 0 unspecified atom stereocenters. The van der Waals surface area contributed by atoms with E-state index in [-0.39, 0.29) is 40.0 Å². The molecule has 150 valence electrons.